The Morgan fingerprint density at radius 3 is 2.47 bits per heavy atom. The molecule has 1 heterocycles. The van der Waals surface area contributed by atoms with Crippen LogP contribution >= 0.6 is 23.2 Å². The molecule has 7 nitrogen and oxygen atoms in total. The van der Waals surface area contributed by atoms with E-state index < -0.39 is 6.04 Å². The number of hydrogen-bond acceptors (Lipinski definition) is 5. The molecule has 0 aliphatic carbocycles. The molecule has 0 radical (unpaired) electrons. The minimum atomic E-state index is -0.447. The smallest absolute Gasteiger partial charge is 0.261 e. The number of nitrogens with two attached hydrogens (primary N) is 1. The number of ether oxygens (including phenoxy) is 1. The third-order valence-electron chi connectivity index (χ3n) is 5.76. The van der Waals surface area contributed by atoms with Crippen molar-refractivity contribution in [2.45, 2.75) is 38.6 Å². The van der Waals surface area contributed by atoms with Crippen LogP contribution in [0.25, 0.3) is 10.9 Å². The van der Waals surface area contributed by atoms with Crippen LogP contribution in [0.2, 0.25) is 10.0 Å². The maximum atomic E-state index is 13.3. The Labute approximate surface area is 209 Å². The second-order valence-electron chi connectivity index (χ2n) is 8.20. The van der Waals surface area contributed by atoms with Crippen molar-refractivity contribution >= 4 is 40.0 Å². The van der Waals surface area contributed by atoms with Gasteiger partial charge in [0.15, 0.2) is 6.61 Å². The number of benzene rings is 2. The zero-order valence-electron chi connectivity index (χ0n) is 19.5. The van der Waals surface area contributed by atoms with E-state index in [4.69, 9.17) is 38.7 Å². The molecule has 1 atom stereocenters. The van der Waals surface area contributed by atoms with Crippen LogP contribution in [0.15, 0.2) is 47.3 Å². The zero-order chi connectivity index (χ0) is 24.7. The number of rotatable bonds is 11. The molecule has 0 fully saturated rings. The lowest BCUT2D eigenvalue weighted by atomic mass is 10.1. The minimum Gasteiger partial charge on any atom is -0.484 e. The number of carbonyl (C=O) groups excluding carboxylic acids is 1. The molecule has 1 unspecified atom stereocenters. The molecular formula is C25H30Cl2N4O3. The van der Waals surface area contributed by atoms with Gasteiger partial charge in [0.1, 0.15) is 11.6 Å². The molecule has 2 N–H and O–H groups in total. The lowest BCUT2D eigenvalue weighted by molar-refractivity contribution is -0.135. The van der Waals surface area contributed by atoms with Gasteiger partial charge < -0.3 is 15.4 Å². The summed E-state index contributed by atoms with van der Waals surface area (Å²) in [4.78, 5) is 32.6. The van der Waals surface area contributed by atoms with Crippen LogP contribution in [-0.2, 0) is 11.8 Å². The van der Waals surface area contributed by atoms with E-state index in [9.17, 15) is 9.59 Å². The van der Waals surface area contributed by atoms with Crippen molar-refractivity contribution in [1.82, 2.24) is 14.5 Å². The van der Waals surface area contributed by atoms with Gasteiger partial charge in [0, 0.05) is 23.6 Å². The molecule has 9 heteroatoms. The van der Waals surface area contributed by atoms with Gasteiger partial charge in [0.05, 0.1) is 16.9 Å². The van der Waals surface area contributed by atoms with Gasteiger partial charge in [-0.3, -0.25) is 14.2 Å². The van der Waals surface area contributed by atoms with Crippen LogP contribution in [-0.4, -0.2) is 40.1 Å². The Balaban J connectivity index is 1.85. The van der Waals surface area contributed by atoms with Crippen molar-refractivity contribution in [3.8, 4) is 5.75 Å². The normalized spacial score (nSPS) is 12.0. The minimum absolute atomic E-state index is 0.137. The Kier molecular flexibility index (Phi) is 9.33. The summed E-state index contributed by atoms with van der Waals surface area (Å²) in [6.07, 6.45) is 3.71. The molecule has 34 heavy (non-hydrogen) atoms. The Hall–Kier alpha value is -2.61. The molecule has 0 saturated heterocycles. The van der Waals surface area contributed by atoms with Crippen LogP contribution in [0, 0.1) is 0 Å². The lowest BCUT2D eigenvalue weighted by Crippen LogP contribution is -2.40. The summed E-state index contributed by atoms with van der Waals surface area (Å²) in [5.74, 6) is 0.849. The molecule has 3 aromatic rings. The van der Waals surface area contributed by atoms with Crippen LogP contribution in [0.5, 0.6) is 5.75 Å². The van der Waals surface area contributed by atoms with E-state index in [1.807, 2.05) is 6.92 Å². The van der Waals surface area contributed by atoms with Gasteiger partial charge in [-0.1, -0.05) is 36.0 Å². The molecule has 3 rings (SSSR count). The van der Waals surface area contributed by atoms with Gasteiger partial charge in [-0.2, -0.15) is 0 Å². The maximum absolute atomic E-state index is 13.3. The first-order valence-electron chi connectivity index (χ1n) is 11.4. The van der Waals surface area contributed by atoms with E-state index in [1.165, 1.54) is 4.57 Å². The fraction of sp³-hybridized carbons (Fsp3) is 0.400. The fourth-order valence-electron chi connectivity index (χ4n) is 3.85. The summed E-state index contributed by atoms with van der Waals surface area (Å²) in [5.41, 5.74) is 5.92. The van der Waals surface area contributed by atoms with E-state index in [0.29, 0.717) is 45.6 Å². The summed E-state index contributed by atoms with van der Waals surface area (Å²) in [6.45, 7) is 2.90. The van der Waals surface area contributed by atoms with Gasteiger partial charge in [-0.25, -0.2) is 4.98 Å². The highest BCUT2D eigenvalue weighted by Gasteiger charge is 2.25. The van der Waals surface area contributed by atoms with Crippen molar-refractivity contribution in [2.24, 2.45) is 12.8 Å². The topological polar surface area (TPSA) is 90.5 Å². The highest BCUT2D eigenvalue weighted by atomic mass is 35.5. The Morgan fingerprint density at radius 2 is 1.76 bits per heavy atom. The molecule has 182 valence electrons. The van der Waals surface area contributed by atoms with E-state index in [-0.39, 0.29) is 18.1 Å². The van der Waals surface area contributed by atoms with Crippen molar-refractivity contribution in [1.29, 1.82) is 0 Å². The first-order valence-corrected chi connectivity index (χ1v) is 12.1. The van der Waals surface area contributed by atoms with E-state index in [0.717, 1.165) is 25.7 Å². The number of carbonyl (C=O) groups is 1. The number of halogens is 2. The third-order valence-corrected chi connectivity index (χ3v) is 6.25. The SMILES string of the molecule is CC(c1nc2cc(Cl)ccc2c(=O)n1C)N(CCCCCCN)C(=O)COc1ccc(Cl)cc1. The largest absolute Gasteiger partial charge is 0.484 e. The van der Waals surface area contributed by atoms with Crippen molar-refractivity contribution in [3.05, 3.63) is 68.7 Å². The van der Waals surface area contributed by atoms with Gasteiger partial charge in [0.2, 0.25) is 0 Å². The first-order chi connectivity index (χ1) is 16.3. The predicted octanol–water partition coefficient (Wildman–Crippen LogP) is 4.73. The predicted molar refractivity (Wildman–Crippen MR) is 137 cm³/mol. The number of nitrogens with zero attached hydrogens (tertiary/aromatic N) is 3. The first kappa shape index (κ1) is 26.0. The monoisotopic (exact) mass is 504 g/mol. The van der Waals surface area contributed by atoms with Gasteiger partial charge in [0.25, 0.3) is 11.5 Å². The Bertz CT molecular complexity index is 1180. The molecule has 1 aromatic heterocycles. The average Bonchev–Trinajstić information content (AvgIpc) is 2.82. The number of unbranched alkanes of at least 4 members (excludes halogenated alkanes) is 3. The van der Waals surface area contributed by atoms with Crippen LogP contribution in [0.3, 0.4) is 0 Å². The lowest BCUT2D eigenvalue weighted by Gasteiger charge is -2.30. The highest BCUT2D eigenvalue weighted by Crippen LogP contribution is 2.23. The van der Waals surface area contributed by atoms with Gasteiger partial charge >= 0.3 is 0 Å². The second kappa shape index (κ2) is 12.2. The molecule has 0 saturated carbocycles. The number of aromatic nitrogens is 2. The van der Waals surface area contributed by atoms with Crippen molar-refractivity contribution in [3.63, 3.8) is 0 Å². The maximum Gasteiger partial charge on any atom is 0.261 e. The van der Waals surface area contributed by atoms with E-state index in [1.54, 1.807) is 54.4 Å². The third kappa shape index (κ3) is 6.50. The highest BCUT2D eigenvalue weighted by molar-refractivity contribution is 6.31. The van der Waals surface area contributed by atoms with Crippen molar-refractivity contribution in [2.75, 3.05) is 19.7 Å². The molecule has 0 aliphatic rings. The number of hydrogen-bond donors (Lipinski definition) is 1. The quantitative estimate of drug-likeness (QED) is 0.381. The summed E-state index contributed by atoms with van der Waals surface area (Å²) in [6, 6.07) is 11.4. The standard InChI is InChI=1S/C25H30Cl2N4O3/c1-17(24-29-22-15-19(27)9-12-21(22)25(33)30(24)2)31(14-6-4-3-5-13-28)23(32)16-34-20-10-7-18(26)8-11-20/h7-12,15,17H,3-6,13-14,16,28H2,1-2H3. The number of fused-ring (bicyclic) bond motifs is 1. The van der Waals surface area contributed by atoms with Crippen LogP contribution in [0.1, 0.15) is 44.5 Å². The Morgan fingerprint density at radius 1 is 1.09 bits per heavy atom. The molecule has 0 aliphatic heterocycles. The van der Waals surface area contributed by atoms with E-state index in [2.05, 4.69) is 0 Å². The fourth-order valence-corrected chi connectivity index (χ4v) is 4.14. The summed E-state index contributed by atoms with van der Waals surface area (Å²) < 4.78 is 7.20. The average molecular weight is 505 g/mol. The summed E-state index contributed by atoms with van der Waals surface area (Å²) in [7, 11) is 1.67. The van der Waals surface area contributed by atoms with E-state index >= 15 is 0 Å². The summed E-state index contributed by atoms with van der Waals surface area (Å²) >= 11 is 12.1. The molecule has 2 aromatic carbocycles. The van der Waals surface area contributed by atoms with Gasteiger partial charge in [-0.15, -0.1) is 0 Å². The van der Waals surface area contributed by atoms with Crippen molar-refractivity contribution < 1.29 is 9.53 Å². The van der Waals surface area contributed by atoms with Crippen LogP contribution < -0.4 is 16.0 Å². The summed E-state index contributed by atoms with van der Waals surface area (Å²) in [5, 5.41) is 1.57. The molecule has 0 bridgehead atoms. The number of amides is 1. The van der Waals surface area contributed by atoms with Gasteiger partial charge in [-0.05, 0) is 68.8 Å². The molecule has 0 spiro atoms. The molecular weight excluding hydrogens is 475 g/mol. The zero-order valence-corrected chi connectivity index (χ0v) is 21.0. The van der Waals surface area contributed by atoms with Crippen LogP contribution in [0.4, 0.5) is 0 Å². The molecule has 1 amide bonds. The second-order valence-corrected chi connectivity index (χ2v) is 9.08.